The lowest BCUT2D eigenvalue weighted by Gasteiger charge is -2.15. The molecule has 0 fully saturated rings. The Kier molecular flexibility index (Phi) is 6.49. The number of hydrogen-bond donors (Lipinski definition) is 0. The number of nitrogens with zero attached hydrogens (tertiary/aromatic N) is 2. The second kappa shape index (κ2) is 8.14. The van der Waals surface area contributed by atoms with Crippen LogP contribution in [0.15, 0.2) is 41.0 Å². The summed E-state index contributed by atoms with van der Waals surface area (Å²) < 4.78 is 3.26. The summed E-state index contributed by atoms with van der Waals surface area (Å²) in [4.78, 5) is 0. The van der Waals surface area contributed by atoms with Gasteiger partial charge in [0.25, 0.3) is 0 Å². The maximum atomic E-state index is 4.77. The first-order valence-corrected chi connectivity index (χ1v) is 9.44. The van der Waals surface area contributed by atoms with Crippen LogP contribution in [0, 0.1) is 0 Å². The Bertz CT molecular complexity index is 561. The van der Waals surface area contributed by atoms with Crippen LogP contribution in [0.5, 0.6) is 0 Å². The topological polar surface area (TPSA) is 17.8 Å². The van der Waals surface area contributed by atoms with E-state index in [4.69, 9.17) is 5.10 Å². The van der Waals surface area contributed by atoms with Crippen molar-refractivity contribution < 1.29 is 0 Å². The minimum absolute atomic E-state index is 0.451. The molecule has 0 saturated heterocycles. The van der Waals surface area contributed by atoms with Gasteiger partial charge in [-0.25, -0.2) is 0 Å². The molecule has 0 N–H and O–H groups in total. The first-order chi connectivity index (χ1) is 10.2. The van der Waals surface area contributed by atoms with Crippen molar-refractivity contribution >= 4 is 31.9 Å². The van der Waals surface area contributed by atoms with E-state index < -0.39 is 0 Å². The van der Waals surface area contributed by atoms with E-state index in [2.05, 4.69) is 86.9 Å². The smallest absolute Gasteiger partial charge is 0.0631 e. The summed E-state index contributed by atoms with van der Waals surface area (Å²) in [5, 5.41) is 5.72. The van der Waals surface area contributed by atoms with Crippen LogP contribution in [0.25, 0.3) is 0 Å². The molecular formula is C17H22Br2N2. The lowest BCUT2D eigenvalue weighted by molar-refractivity contribution is 0.424. The molecule has 114 valence electrons. The number of hydrogen-bond acceptors (Lipinski definition) is 1. The molecule has 1 unspecified atom stereocenters. The van der Waals surface area contributed by atoms with Crippen molar-refractivity contribution in [2.24, 2.45) is 0 Å². The van der Waals surface area contributed by atoms with E-state index in [-0.39, 0.29) is 0 Å². The molecule has 0 aliphatic carbocycles. The molecule has 4 heteroatoms. The van der Waals surface area contributed by atoms with Gasteiger partial charge in [-0.1, -0.05) is 57.8 Å². The Morgan fingerprint density at radius 1 is 1.19 bits per heavy atom. The third-order valence-corrected chi connectivity index (χ3v) is 5.22. The number of aromatic nitrogens is 2. The zero-order valence-corrected chi connectivity index (χ0v) is 15.8. The number of halogens is 2. The minimum Gasteiger partial charge on any atom is -0.269 e. The second-order valence-corrected chi connectivity index (χ2v) is 6.93. The van der Waals surface area contributed by atoms with Crippen molar-refractivity contribution in [2.45, 2.75) is 45.1 Å². The molecule has 0 saturated carbocycles. The predicted molar refractivity (Wildman–Crippen MR) is 96.2 cm³/mol. The van der Waals surface area contributed by atoms with Crippen LogP contribution >= 0.6 is 31.9 Å². The molecule has 1 aromatic carbocycles. The minimum atomic E-state index is 0.451. The lowest BCUT2D eigenvalue weighted by atomic mass is 9.96. The Labute approximate surface area is 144 Å². The number of rotatable bonds is 7. The molecule has 1 atom stereocenters. The molecule has 2 rings (SSSR count). The van der Waals surface area contributed by atoms with Crippen LogP contribution in [0.2, 0.25) is 0 Å². The van der Waals surface area contributed by atoms with Gasteiger partial charge in [-0.2, -0.15) is 5.10 Å². The van der Waals surface area contributed by atoms with Crippen LogP contribution in [-0.4, -0.2) is 15.1 Å². The van der Waals surface area contributed by atoms with Crippen molar-refractivity contribution in [2.75, 3.05) is 5.33 Å². The van der Waals surface area contributed by atoms with Gasteiger partial charge in [0.15, 0.2) is 0 Å². The van der Waals surface area contributed by atoms with Gasteiger partial charge in [0.2, 0.25) is 0 Å². The largest absolute Gasteiger partial charge is 0.269 e. The van der Waals surface area contributed by atoms with Gasteiger partial charge in [0, 0.05) is 16.0 Å². The zero-order valence-electron chi connectivity index (χ0n) is 12.6. The van der Waals surface area contributed by atoms with Gasteiger partial charge in [-0.05, 0) is 48.9 Å². The first kappa shape index (κ1) is 16.8. The Morgan fingerprint density at radius 2 is 1.95 bits per heavy atom. The first-order valence-electron chi connectivity index (χ1n) is 7.53. The van der Waals surface area contributed by atoms with Crippen molar-refractivity contribution in [3.63, 3.8) is 0 Å². The highest BCUT2D eigenvalue weighted by Crippen LogP contribution is 2.25. The van der Waals surface area contributed by atoms with Crippen LogP contribution < -0.4 is 0 Å². The summed E-state index contributed by atoms with van der Waals surface area (Å²) in [7, 11) is 0. The van der Waals surface area contributed by atoms with E-state index in [9.17, 15) is 0 Å². The average Bonchev–Trinajstić information content (AvgIpc) is 2.94. The maximum Gasteiger partial charge on any atom is 0.0631 e. The molecule has 0 spiro atoms. The Hall–Kier alpha value is -0.610. The number of alkyl halides is 1. The summed E-state index contributed by atoms with van der Waals surface area (Å²) in [6.45, 7) is 4.44. The van der Waals surface area contributed by atoms with Crippen LogP contribution in [0.1, 0.15) is 49.9 Å². The van der Waals surface area contributed by atoms with Gasteiger partial charge >= 0.3 is 0 Å². The van der Waals surface area contributed by atoms with Crippen LogP contribution in [0.4, 0.5) is 0 Å². The van der Waals surface area contributed by atoms with Crippen molar-refractivity contribution in [1.82, 2.24) is 9.78 Å². The normalized spacial score (nSPS) is 12.8. The molecule has 0 radical (unpaired) electrons. The molecule has 0 bridgehead atoms. The quantitative estimate of drug-likeness (QED) is 0.530. The highest BCUT2D eigenvalue weighted by molar-refractivity contribution is 9.10. The van der Waals surface area contributed by atoms with Gasteiger partial charge < -0.3 is 0 Å². The van der Waals surface area contributed by atoms with Gasteiger partial charge in [0.05, 0.1) is 11.7 Å². The number of benzene rings is 1. The Morgan fingerprint density at radius 3 is 2.57 bits per heavy atom. The van der Waals surface area contributed by atoms with Crippen LogP contribution in [0.3, 0.4) is 0 Å². The average molecular weight is 414 g/mol. The van der Waals surface area contributed by atoms with Crippen molar-refractivity contribution in [3.8, 4) is 0 Å². The maximum absolute atomic E-state index is 4.77. The second-order valence-electron chi connectivity index (χ2n) is 5.37. The third-order valence-electron chi connectivity index (χ3n) is 3.94. The van der Waals surface area contributed by atoms with Gasteiger partial charge in [-0.3, -0.25) is 4.68 Å². The fraction of sp³-hybridized carbons (Fsp3) is 0.471. The van der Waals surface area contributed by atoms with Crippen LogP contribution in [-0.2, 0) is 6.42 Å². The third kappa shape index (κ3) is 4.43. The molecule has 0 aliphatic rings. The molecular weight excluding hydrogens is 392 g/mol. The molecule has 21 heavy (non-hydrogen) atoms. The standard InChI is InChI=1S/C17H22Br2N2/c1-3-17(4-2)21-9-8-16(20-21)11-14(12-18)13-6-5-7-15(19)10-13/h5-10,14,17H,3-4,11-12H2,1-2H3. The molecule has 2 nitrogen and oxygen atoms in total. The van der Waals surface area contributed by atoms with Crippen molar-refractivity contribution in [1.29, 1.82) is 0 Å². The Balaban J connectivity index is 2.12. The van der Waals surface area contributed by atoms with E-state index in [1.165, 1.54) is 11.3 Å². The molecule has 0 aliphatic heterocycles. The molecule has 0 amide bonds. The summed E-state index contributed by atoms with van der Waals surface area (Å²) in [6.07, 6.45) is 5.35. The lowest BCUT2D eigenvalue weighted by Crippen LogP contribution is -2.09. The summed E-state index contributed by atoms with van der Waals surface area (Å²) in [5.41, 5.74) is 2.52. The summed E-state index contributed by atoms with van der Waals surface area (Å²) in [6, 6.07) is 11.2. The molecule has 1 heterocycles. The van der Waals surface area contributed by atoms with Crippen molar-refractivity contribution in [3.05, 3.63) is 52.3 Å². The molecule has 1 aromatic heterocycles. The van der Waals surface area contributed by atoms with Gasteiger partial charge in [-0.15, -0.1) is 0 Å². The molecule has 2 aromatic rings. The SMILES string of the molecule is CCC(CC)n1ccc(CC(CBr)c2cccc(Br)c2)n1. The highest BCUT2D eigenvalue weighted by atomic mass is 79.9. The zero-order chi connectivity index (χ0) is 15.2. The fourth-order valence-corrected chi connectivity index (χ4v) is 3.65. The predicted octanol–water partition coefficient (Wildman–Crippen LogP) is 5.73. The van der Waals surface area contributed by atoms with Gasteiger partial charge in [0.1, 0.15) is 0 Å². The highest BCUT2D eigenvalue weighted by Gasteiger charge is 2.14. The van der Waals surface area contributed by atoms with E-state index in [0.717, 1.165) is 29.1 Å². The fourth-order valence-electron chi connectivity index (χ4n) is 2.63. The summed E-state index contributed by atoms with van der Waals surface area (Å²) in [5.74, 6) is 0.451. The van der Waals surface area contributed by atoms with E-state index >= 15 is 0 Å². The van der Waals surface area contributed by atoms with E-state index in [1.807, 2.05) is 0 Å². The summed E-state index contributed by atoms with van der Waals surface area (Å²) >= 11 is 7.20. The van der Waals surface area contributed by atoms with E-state index in [1.54, 1.807) is 0 Å². The van der Waals surface area contributed by atoms with E-state index in [0.29, 0.717) is 12.0 Å². The monoisotopic (exact) mass is 412 g/mol.